The lowest BCUT2D eigenvalue weighted by atomic mass is 9.99. The van der Waals surface area contributed by atoms with E-state index in [9.17, 15) is 13.2 Å². The van der Waals surface area contributed by atoms with Gasteiger partial charge in [-0.05, 0) is 36.6 Å². The molecule has 1 heterocycles. The number of halogens is 4. The Balaban J connectivity index is 0.00000480. The summed E-state index contributed by atoms with van der Waals surface area (Å²) in [5.74, 6) is 1.83. The maximum atomic E-state index is 12.2. The van der Waals surface area contributed by atoms with Gasteiger partial charge in [-0.25, -0.2) is 4.99 Å². The number of alkyl halides is 3. The smallest absolute Gasteiger partial charge is 0.381 e. The van der Waals surface area contributed by atoms with Gasteiger partial charge < -0.3 is 20.1 Å². The van der Waals surface area contributed by atoms with Gasteiger partial charge in [-0.2, -0.15) is 24.9 Å². The van der Waals surface area contributed by atoms with Crippen molar-refractivity contribution >= 4 is 41.7 Å². The summed E-state index contributed by atoms with van der Waals surface area (Å²) in [5.41, 5.74) is 1.69. The van der Waals surface area contributed by atoms with Crippen LogP contribution in [0.4, 0.5) is 13.2 Å². The summed E-state index contributed by atoms with van der Waals surface area (Å²) in [5, 5.41) is 6.75. The van der Waals surface area contributed by atoms with E-state index < -0.39 is 12.8 Å². The molecule has 0 aromatic heterocycles. The van der Waals surface area contributed by atoms with Crippen molar-refractivity contribution in [2.75, 3.05) is 38.7 Å². The molecule has 0 amide bonds. The Morgan fingerprint density at radius 1 is 1.13 bits per heavy atom. The van der Waals surface area contributed by atoms with Gasteiger partial charge in [0.15, 0.2) is 5.96 Å². The lowest BCUT2D eigenvalue weighted by molar-refractivity contribution is -0.176. The van der Waals surface area contributed by atoms with Crippen molar-refractivity contribution in [3.05, 3.63) is 35.4 Å². The van der Waals surface area contributed by atoms with Gasteiger partial charge in [-0.3, -0.25) is 0 Å². The van der Waals surface area contributed by atoms with Crippen LogP contribution in [0.5, 0.6) is 0 Å². The number of guanidine groups is 1. The molecule has 1 aliphatic heterocycles. The SMILES string of the molecule is CCNC(=NCc1ccc(COCC(F)(F)F)cc1)NCC1(SCC)CCOCC1.I. The Morgan fingerprint density at radius 3 is 2.35 bits per heavy atom. The first-order valence-electron chi connectivity index (χ1n) is 10.3. The molecule has 2 N–H and O–H groups in total. The van der Waals surface area contributed by atoms with E-state index in [1.54, 1.807) is 12.1 Å². The van der Waals surface area contributed by atoms with E-state index in [2.05, 4.69) is 27.3 Å². The molecular weight excluding hydrogens is 542 g/mol. The molecule has 1 fully saturated rings. The molecule has 10 heteroatoms. The average molecular weight is 575 g/mol. The highest BCUT2D eigenvalue weighted by atomic mass is 127. The van der Waals surface area contributed by atoms with E-state index >= 15 is 0 Å². The molecule has 0 unspecified atom stereocenters. The van der Waals surface area contributed by atoms with Crippen LogP contribution in [0.25, 0.3) is 0 Å². The molecule has 1 aromatic carbocycles. The third-order valence-electron chi connectivity index (χ3n) is 4.75. The van der Waals surface area contributed by atoms with E-state index in [1.807, 2.05) is 30.8 Å². The first-order chi connectivity index (χ1) is 14.4. The Morgan fingerprint density at radius 2 is 1.77 bits per heavy atom. The first-order valence-corrected chi connectivity index (χ1v) is 11.3. The van der Waals surface area contributed by atoms with Crippen LogP contribution in [-0.2, 0) is 22.6 Å². The van der Waals surface area contributed by atoms with Gasteiger partial charge in [0.25, 0.3) is 0 Å². The number of benzene rings is 1. The number of hydrogen-bond donors (Lipinski definition) is 2. The van der Waals surface area contributed by atoms with E-state index in [0.717, 1.165) is 56.4 Å². The van der Waals surface area contributed by atoms with Crippen LogP contribution in [0.2, 0.25) is 0 Å². The summed E-state index contributed by atoms with van der Waals surface area (Å²) in [6.45, 7) is 6.57. The molecule has 0 aliphatic carbocycles. The lowest BCUT2D eigenvalue weighted by Gasteiger charge is -2.37. The Labute approximate surface area is 204 Å². The number of aliphatic imine (C=N–C) groups is 1. The molecular formula is C21H33F3IN3O2S. The summed E-state index contributed by atoms with van der Waals surface area (Å²) in [6, 6.07) is 7.28. The van der Waals surface area contributed by atoms with Gasteiger partial charge in [-0.1, -0.05) is 31.2 Å². The topological polar surface area (TPSA) is 54.9 Å². The van der Waals surface area contributed by atoms with E-state index in [4.69, 9.17) is 4.74 Å². The minimum Gasteiger partial charge on any atom is -0.381 e. The van der Waals surface area contributed by atoms with E-state index in [-0.39, 0.29) is 35.3 Å². The van der Waals surface area contributed by atoms with Crippen LogP contribution in [0.1, 0.15) is 37.8 Å². The molecule has 0 atom stereocenters. The van der Waals surface area contributed by atoms with E-state index in [1.165, 1.54) is 0 Å². The molecule has 1 aromatic rings. The van der Waals surface area contributed by atoms with Crippen LogP contribution >= 0.6 is 35.7 Å². The minimum absolute atomic E-state index is 0. The largest absolute Gasteiger partial charge is 0.411 e. The normalized spacial score (nSPS) is 16.5. The molecule has 0 radical (unpaired) electrons. The number of nitrogens with zero attached hydrogens (tertiary/aromatic N) is 1. The first kappa shape index (κ1) is 28.3. The van der Waals surface area contributed by atoms with Crippen LogP contribution < -0.4 is 10.6 Å². The highest BCUT2D eigenvalue weighted by Crippen LogP contribution is 2.34. The van der Waals surface area contributed by atoms with Crippen LogP contribution in [-0.4, -0.2) is 55.5 Å². The molecule has 178 valence electrons. The average Bonchev–Trinajstić information content (AvgIpc) is 2.71. The quantitative estimate of drug-likeness (QED) is 0.240. The molecule has 0 saturated carbocycles. The number of hydrogen-bond acceptors (Lipinski definition) is 4. The van der Waals surface area contributed by atoms with Gasteiger partial charge in [-0.15, -0.1) is 24.0 Å². The zero-order valence-corrected chi connectivity index (χ0v) is 21.2. The fourth-order valence-corrected chi connectivity index (χ4v) is 4.45. The minimum atomic E-state index is -4.30. The highest BCUT2D eigenvalue weighted by Gasteiger charge is 2.32. The second-order valence-electron chi connectivity index (χ2n) is 7.20. The summed E-state index contributed by atoms with van der Waals surface area (Å²) in [6.07, 6.45) is -2.26. The maximum Gasteiger partial charge on any atom is 0.411 e. The number of ether oxygens (including phenoxy) is 2. The fourth-order valence-electron chi connectivity index (χ4n) is 3.20. The van der Waals surface area contributed by atoms with Crippen molar-refractivity contribution in [2.45, 2.75) is 50.8 Å². The van der Waals surface area contributed by atoms with Crippen molar-refractivity contribution in [1.29, 1.82) is 0 Å². The van der Waals surface area contributed by atoms with Crippen LogP contribution in [0.15, 0.2) is 29.3 Å². The summed E-state index contributed by atoms with van der Waals surface area (Å²) in [7, 11) is 0. The fraction of sp³-hybridized carbons (Fsp3) is 0.667. The molecule has 0 bridgehead atoms. The second kappa shape index (κ2) is 14.4. The van der Waals surface area contributed by atoms with Crippen LogP contribution in [0, 0.1) is 0 Å². The molecule has 0 spiro atoms. The zero-order chi connectivity index (χ0) is 21.9. The van der Waals surface area contributed by atoms with Gasteiger partial charge in [0, 0.05) is 31.1 Å². The third-order valence-corrected chi connectivity index (χ3v) is 6.21. The van der Waals surface area contributed by atoms with Gasteiger partial charge >= 0.3 is 6.18 Å². The molecule has 1 aliphatic rings. The lowest BCUT2D eigenvalue weighted by Crippen LogP contribution is -2.48. The maximum absolute atomic E-state index is 12.2. The molecule has 1 saturated heterocycles. The Hall–Kier alpha value is -0.720. The van der Waals surface area contributed by atoms with Crippen LogP contribution in [0.3, 0.4) is 0 Å². The second-order valence-corrected chi connectivity index (χ2v) is 8.93. The predicted octanol–water partition coefficient (Wildman–Crippen LogP) is 4.74. The molecule has 31 heavy (non-hydrogen) atoms. The van der Waals surface area contributed by atoms with Crippen molar-refractivity contribution in [3.63, 3.8) is 0 Å². The van der Waals surface area contributed by atoms with Crippen molar-refractivity contribution in [1.82, 2.24) is 10.6 Å². The van der Waals surface area contributed by atoms with Gasteiger partial charge in [0.05, 0.1) is 13.2 Å². The standard InChI is InChI=1S/C21H32F3N3O2S.HI/c1-3-25-19(27-15-20(30-4-2)9-11-28-12-10-20)26-13-17-5-7-18(8-6-17)14-29-16-21(22,23)24;/h5-8H,3-4,9-16H2,1-2H3,(H2,25,26,27);1H. The van der Waals surface area contributed by atoms with Gasteiger partial charge in [0.2, 0.25) is 0 Å². The number of rotatable bonds is 10. The number of nitrogens with one attached hydrogen (secondary N) is 2. The Kier molecular flexibility index (Phi) is 13.2. The summed E-state index contributed by atoms with van der Waals surface area (Å²) in [4.78, 5) is 4.66. The Bertz CT molecular complexity index is 649. The van der Waals surface area contributed by atoms with Crippen molar-refractivity contribution in [2.24, 2.45) is 4.99 Å². The monoisotopic (exact) mass is 575 g/mol. The highest BCUT2D eigenvalue weighted by molar-refractivity contribution is 14.0. The molecule has 5 nitrogen and oxygen atoms in total. The van der Waals surface area contributed by atoms with Crippen molar-refractivity contribution in [3.8, 4) is 0 Å². The predicted molar refractivity (Wildman–Crippen MR) is 131 cm³/mol. The van der Waals surface area contributed by atoms with Gasteiger partial charge in [0.1, 0.15) is 6.61 Å². The molecule has 2 rings (SSSR count). The zero-order valence-electron chi connectivity index (χ0n) is 18.1. The summed E-state index contributed by atoms with van der Waals surface area (Å²) >= 11 is 1.98. The third kappa shape index (κ3) is 11.1. The van der Waals surface area contributed by atoms with Crippen molar-refractivity contribution < 1.29 is 22.6 Å². The number of thioether (sulfide) groups is 1. The summed E-state index contributed by atoms with van der Waals surface area (Å²) < 4.78 is 46.8. The van der Waals surface area contributed by atoms with E-state index in [0.29, 0.717) is 12.1 Å².